The molecular weight excluding hydrogens is 365 g/mol. The highest BCUT2D eigenvalue weighted by atomic mass is 127. The topological polar surface area (TPSA) is 30.5 Å². The van der Waals surface area contributed by atoms with Gasteiger partial charge in [-0.05, 0) is 65.4 Å². The summed E-state index contributed by atoms with van der Waals surface area (Å²) in [5.41, 5.74) is 3.46. The van der Waals surface area contributed by atoms with E-state index in [-0.39, 0.29) is 0 Å². The number of nitrogens with one attached hydrogen (secondary N) is 1. The molecule has 0 spiro atoms. The molecule has 2 aromatic carbocycles. The lowest BCUT2D eigenvalue weighted by atomic mass is 10.1. The van der Waals surface area contributed by atoms with Crippen LogP contribution in [0.2, 0.25) is 0 Å². The lowest BCUT2D eigenvalue weighted by Gasteiger charge is -2.12. The van der Waals surface area contributed by atoms with Gasteiger partial charge in [-0.2, -0.15) is 0 Å². The zero-order chi connectivity index (χ0) is 14.5. The molecule has 0 saturated heterocycles. The van der Waals surface area contributed by atoms with Crippen molar-refractivity contribution in [3.8, 4) is 11.5 Å². The molecule has 0 fully saturated rings. The van der Waals surface area contributed by atoms with Gasteiger partial charge >= 0.3 is 0 Å². The van der Waals surface area contributed by atoms with Crippen molar-refractivity contribution in [1.29, 1.82) is 0 Å². The number of rotatable bonds is 5. The van der Waals surface area contributed by atoms with Crippen molar-refractivity contribution in [2.24, 2.45) is 0 Å². The quantitative estimate of drug-likeness (QED) is 0.784. The number of aryl methyl sites for hydroxylation is 1. The Morgan fingerprint density at radius 2 is 1.85 bits per heavy atom. The van der Waals surface area contributed by atoms with Crippen LogP contribution in [0, 0.1) is 10.5 Å². The van der Waals surface area contributed by atoms with Crippen LogP contribution in [0.3, 0.4) is 0 Å². The van der Waals surface area contributed by atoms with Gasteiger partial charge < -0.3 is 14.8 Å². The summed E-state index contributed by atoms with van der Waals surface area (Å²) < 4.78 is 11.9. The van der Waals surface area contributed by atoms with Gasteiger partial charge in [0.1, 0.15) is 11.5 Å². The normalized spacial score (nSPS) is 10.2. The van der Waals surface area contributed by atoms with Crippen LogP contribution in [0.4, 0.5) is 5.69 Å². The molecule has 20 heavy (non-hydrogen) atoms. The second-order valence-corrected chi connectivity index (χ2v) is 5.66. The van der Waals surface area contributed by atoms with E-state index in [1.807, 2.05) is 18.2 Å². The Labute approximate surface area is 133 Å². The zero-order valence-corrected chi connectivity index (χ0v) is 14.0. The average Bonchev–Trinajstić information content (AvgIpc) is 2.48. The van der Waals surface area contributed by atoms with Gasteiger partial charge in [0.2, 0.25) is 0 Å². The fourth-order valence-electron chi connectivity index (χ4n) is 1.92. The summed E-state index contributed by atoms with van der Waals surface area (Å²) >= 11 is 2.35. The van der Waals surface area contributed by atoms with Crippen molar-refractivity contribution in [2.75, 3.05) is 19.5 Å². The highest BCUT2D eigenvalue weighted by molar-refractivity contribution is 14.1. The summed E-state index contributed by atoms with van der Waals surface area (Å²) in [7, 11) is 3.35. The molecule has 0 unspecified atom stereocenters. The fourth-order valence-corrected chi connectivity index (χ4v) is 2.44. The van der Waals surface area contributed by atoms with Crippen LogP contribution < -0.4 is 14.8 Å². The Hall–Kier alpha value is -1.43. The number of halogens is 1. The summed E-state index contributed by atoms with van der Waals surface area (Å²) in [6.45, 7) is 2.80. The number of benzene rings is 2. The number of hydrogen-bond acceptors (Lipinski definition) is 3. The summed E-state index contributed by atoms with van der Waals surface area (Å²) in [4.78, 5) is 0. The second kappa shape index (κ2) is 6.83. The summed E-state index contributed by atoms with van der Waals surface area (Å²) in [6.07, 6.45) is 0. The van der Waals surface area contributed by atoms with Crippen LogP contribution in [-0.4, -0.2) is 14.2 Å². The van der Waals surface area contributed by atoms with E-state index in [0.29, 0.717) is 6.54 Å². The van der Waals surface area contributed by atoms with Crippen molar-refractivity contribution >= 4 is 28.3 Å². The molecule has 1 N–H and O–H groups in total. The van der Waals surface area contributed by atoms with Gasteiger partial charge in [0.05, 0.1) is 14.2 Å². The monoisotopic (exact) mass is 383 g/mol. The first-order valence-corrected chi connectivity index (χ1v) is 7.43. The van der Waals surface area contributed by atoms with Crippen molar-refractivity contribution in [3.05, 3.63) is 51.1 Å². The third-order valence-electron chi connectivity index (χ3n) is 3.14. The molecule has 106 valence electrons. The van der Waals surface area contributed by atoms with E-state index in [4.69, 9.17) is 9.47 Å². The van der Waals surface area contributed by atoms with E-state index in [1.54, 1.807) is 14.2 Å². The SMILES string of the molecule is COc1ccc(OC)c(CNc2ccc(C)c(I)c2)c1. The minimum Gasteiger partial charge on any atom is -0.497 e. The highest BCUT2D eigenvalue weighted by Gasteiger charge is 2.05. The van der Waals surface area contributed by atoms with E-state index in [9.17, 15) is 0 Å². The molecular formula is C16H18INO2. The van der Waals surface area contributed by atoms with E-state index in [1.165, 1.54) is 9.13 Å². The minimum absolute atomic E-state index is 0.694. The lowest BCUT2D eigenvalue weighted by Crippen LogP contribution is -2.02. The maximum Gasteiger partial charge on any atom is 0.124 e. The first-order valence-electron chi connectivity index (χ1n) is 6.35. The molecule has 2 rings (SSSR count). The number of hydrogen-bond donors (Lipinski definition) is 1. The molecule has 3 nitrogen and oxygen atoms in total. The van der Waals surface area contributed by atoms with E-state index in [2.05, 4.69) is 53.0 Å². The van der Waals surface area contributed by atoms with Crippen molar-refractivity contribution in [1.82, 2.24) is 0 Å². The molecule has 0 saturated carbocycles. The first-order chi connectivity index (χ1) is 9.63. The minimum atomic E-state index is 0.694. The Morgan fingerprint density at radius 3 is 2.50 bits per heavy atom. The summed E-state index contributed by atoms with van der Waals surface area (Å²) in [5, 5.41) is 3.41. The molecule has 0 heterocycles. The van der Waals surface area contributed by atoms with Gasteiger partial charge in [-0.3, -0.25) is 0 Å². The third kappa shape index (κ3) is 3.56. The van der Waals surface area contributed by atoms with Crippen LogP contribution in [0.15, 0.2) is 36.4 Å². The number of anilines is 1. The van der Waals surface area contributed by atoms with Crippen LogP contribution >= 0.6 is 22.6 Å². The lowest BCUT2D eigenvalue weighted by molar-refractivity contribution is 0.399. The Bertz CT molecular complexity index is 599. The van der Waals surface area contributed by atoms with Crippen molar-refractivity contribution < 1.29 is 9.47 Å². The maximum absolute atomic E-state index is 5.38. The molecule has 0 atom stereocenters. The Morgan fingerprint density at radius 1 is 1.05 bits per heavy atom. The summed E-state index contributed by atoms with van der Waals surface area (Å²) in [5.74, 6) is 1.70. The molecule has 0 aromatic heterocycles. The number of methoxy groups -OCH3 is 2. The zero-order valence-electron chi connectivity index (χ0n) is 11.9. The second-order valence-electron chi connectivity index (χ2n) is 4.50. The molecule has 0 bridgehead atoms. The van der Waals surface area contributed by atoms with Gasteiger partial charge in [-0.1, -0.05) is 6.07 Å². The third-order valence-corrected chi connectivity index (χ3v) is 4.30. The summed E-state index contributed by atoms with van der Waals surface area (Å²) in [6, 6.07) is 12.2. The van der Waals surface area contributed by atoms with Crippen LogP contribution in [-0.2, 0) is 6.54 Å². The van der Waals surface area contributed by atoms with Crippen LogP contribution in [0.5, 0.6) is 11.5 Å². The van der Waals surface area contributed by atoms with Gasteiger partial charge in [-0.15, -0.1) is 0 Å². The maximum atomic E-state index is 5.38. The van der Waals surface area contributed by atoms with Crippen molar-refractivity contribution in [3.63, 3.8) is 0 Å². The predicted octanol–water partition coefficient (Wildman–Crippen LogP) is 4.23. The van der Waals surface area contributed by atoms with Crippen LogP contribution in [0.1, 0.15) is 11.1 Å². The largest absolute Gasteiger partial charge is 0.497 e. The molecule has 0 aliphatic carbocycles. The predicted molar refractivity (Wildman–Crippen MR) is 90.8 cm³/mol. The molecule has 0 aliphatic rings. The molecule has 0 amide bonds. The molecule has 0 radical (unpaired) electrons. The standard InChI is InChI=1S/C16H18INO2/c1-11-4-5-13(9-15(11)17)18-10-12-8-14(19-2)6-7-16(12)20-3/h4-9,18H,10H2,1-3H3. The van der Waals surface area contributed by atoms with Gasteiger partial charge in [0.25, 0.3) is 0 Å². The van der Waals surface area contributed by atoms with E-state index >= 15 is 0 Å². The Balaban J connectivity index is 2.15. The first kappa shape index (κ1) is 15.0. The van der Waals surface area contributed by atoms with Crippen LogP contribution in [0.25, 0.3) is 0 Å². The fraction of sp³-hybridized carbons (Fsp3) is 0.250. The van der Waals surface area contributed by atoms with Gasteiger partial charge in [-0.25, -0.2) is 0 Å². The van der Waals surface area contributed by atoms with Crippen molar-refractivity contribution in [2.45, 2.75) is 13.5 Å². The molecule has 0 aliphatic heterocycles. The smallest absolute Gasteiger partial charge is 0.124 e. The average molecular weight is 383 g/mol. The number of ether oxygens (including phenoxy) is 2. The molecule has 2 aromatic rings. The van der Waals surface area contributed by atoms with Gasteiger partial charge in [0, 0.05) is 21.4 Å². The van der Waals surface area contributed by atoms with E-state index < -0.39 is 0 Å². The highest BCUT2D eigenvalue weighted by Crippen LogP contribution is 2.25. The van der Waals surface area contributed by atoms with E-state index in [0.717, 1.165) is 22.7 Å². The Kier molecular flexibility index (Phi) is 5.11. The molecule has 4 heteroatoms. The van der Waals surface area contributed by atoms with Gasteiger partial charge in [0.15, 0.2) is 0 Å².